The number of primary amides is 1. The number of hydrogen-bond donors (Lipinski definition) is 3. The number of nitrogens with one attached hydrogen (secondary N) is 2. The molecule has 2 rings (SSSR count). The van der Waals surface area contributed by atoms with Gasteiger partial charge in [0.1, 0.15) is 5.49 Å². The van der Waals surface area contributed by atoms with E-state index in [0.29, 0.717) is 10.6 Å². The normalized spacial score (nSPS) is 11.0. The topological polar surface area (TPSA) is 118 Å². The molecular weight excluding hydrogens is 411 g/mol. The zero-order valence-corrected chi connectivity index (χ0v) is 16.1. The number of nitrogens with two attached hydrogens (primary N) is 1. The highest BCUT2D eigenvalue weighted by Gasteiger charge is 2.18. The van der Waals surface area contributed by atoms with Crippen LogP contribution in [0.4, 0.5) is 0 Å². The zero-order valence-electron chi connectivity index (χ0n) is 12.9. The van der Waals surface area contributed by atoms with E-state index in [2.05, 4.69) is 4.72 Å². The third-order valence-corrected chi connectivity index (χ3v) is 5.25. The number of halogens is 3. The number of sulfonamides is 1. The average Bonchev–Trinajstić information content (AvgIpc) is 2.50. The average molecular weight is 426 g/mol. The van der Waals surface area contributed by atoms with E-state index in [1.165, 1.54) is 42.1 Å². The van der Waals surface area contributed by atoms with Gasteiger partial charge in [-0.25, -0.2) is 13.1 Å². The van der Waals surface area contributed by atoms with Gasteiger partial charge in [0.05, 0.1) is 22.0 Å². The molecule has 0 saturated heterocycles. The van der Waals surface area contributed by atoms with Crippen molar-refractivity contribution in [3.05, 3.63) is 57.1 Å². The predicted octanol–water partition coefficient (Wildman–Crippen LogP) is 1.75. The first-order chi connectivity index (χ1) is 11.2. The van der Waals surface area contributed by atoms with E-state index >= 15 is 0 Å². The fourth-order valence-electron chi connectivity index (χ4n) is 2.15. The first kappa shape index (κ1) is 21.5. The second kappa shape index (κ2) is 8.20. The number of carbonyl (C=O) groups excluding carboxylic acids is 1. The Labute approximate surface area is 160 Å². The molecule has 0 spiro atoms. The molecule has 11 heteroatoms. The fourth-order valence-corrected chi connectivity index (χ4v) is 3.51. The molecule has 0 aliphatic rings. The molecule has 136 valence electrons. The molecule has 25 heavy (non-hydrogen) atoms. The molecular formula is C14H15Cl3N4O3S. The van der Waals surface area contributed by atoms with Crippen molar-refractivity contribution < 1.29 is 13.2 Å². The van der Waals surface area contributed by atoms with Crippen LogP contribution in [0.15, 0.2) is 35.4 Å². The van der Waals surface area contributed by atoms with Gasteiger partial charge in [-0.3, -0.25) is 10.2 Å². The van der Waals surface area contributed by atoms with Crippen LogP contribution in [0.1, 0.15) is 15.9 Å². The maximum atomic E-state index is 12.1. The number of amides is 1. The molecule has 7 nitrogen and oxygen atoms in total. The Bertz CT molecular complexity index is 974. The summed E-state index contributed by atoms with van der Waals surface area (Å²) in [5.74, 6) is -0.801. The highest BCUT2D eigenvalue weighted by Crippen LogP contribution is 2.21. The maximum Gasteiger partial charge on any atom is 0.252 e. The van der Waals surface area contributed by atoms with Gasteiger partial charge < -0.3 is 10.3 Å². The van der Waals surface area contributed by atoms with Gasteiger partial charge in [-0.05, 0) is 36.9 Å². The molecule has 1 heterocycles. The molecule has 2 aromatic rings. The van der Waals surface area contributed by atoms with Gasteiger partial charge >= 0.3 is 0 Å². The van der Waals surface area contributed by atoms with Gasteiger partial charge in [0.25, 0.3) is 5.91 Å². The Kier molecular flexibility index (Phi) is 7.04. The first-order valence-electron chi connectivity index (χ1n) is 6.62. The lowest BCUT2D eigenvalue weighted by molar-refractivity contribution is 0.0997. The summed E-state index contributed by atoms with van der Waals surface area (Å²) < 4.78 is 27.8. The summed E-state index contributed by atoms with van der Waals surface area (Å²) >= 11 is 11.9. The fraction of sp³-hybridized carbons (Fsp3) is 0.143. The monoisotopic (exact) mass is 424 g/mol. The SMILES string of the molecule is CNS(=O)(=O)c1ccc(Cl)cc1Cn1cc(Cl)cc(C(N)=O)c1=N.Cl. The van der Waals surface area contributed by atoms with E-state index in [9.17, 15) is 13.2 Å². The Morgan fingerprint density at radius 3 is 2.48 bits per heavy atom. The molecule has 0 radical (unpaired) electrons. The minimum atomic E-state index is -3.72. The van der Waals surface area contributed by atoms with Crippen molar-refractivity contribution in [2.24, 2.45) is 5.73 Å². The quantitative estimate of drug-likeness (QED) is 0.677. The highest BCUT2D eigenvalue weighted by atomic mass is 35.5. The number of pyridine rings is 1. The number of aromatic nitrogens is 1. The lowest BCUT2D eigenvalue weighted by Crippen LogP contribution is -2.30. The summed E-state index contributed by atoms with van der Waals surface area (Å²) in [6.07, 6.45) is 1.41. The summed E-state index contributed by atoms with van der Waals surface area (Å²) in [7, 11) is -2.43. The number of benzene rings is 1. The highest BCUT2D eigenvalue weighted by molar-refractivity contribution is 7.89. The number of carbonyl (C=O) groups is 1. The summed E-state index contributed by atoms with van der Waals surface area (Å²) in [5, 5.41) is 8.59. The van der Waals surface area contributed by atoms with Crippen LogP contribution in [0.5, 0.6) is 0 Å². The molecule has 4 N–H and O–H groups in total. The van der Waals surface area contributed by atoms with Gasteiger partial charge in [-0.15, -0.1) is 12.4 Å². The molecule has 1 aromatic heterocycles. The lowest BCUT2D eigenvalue weighted by atomic mass is 10.2. The second-order valence-electron chi connectivity index (χ2n) is 4.87. The van der Waals surface area contributed by atoms with Crippen molar-refractivity contribution in [2.75, 3.05) is 7.05 Å². The number of hydrogen-bond acceptors (Lipinski definition) is 4. The van der Waals surface area contributed by atoms with Crippen LogP contribution in [0, 0.1) is 5.41 Å². The van der Waals surface area contributed by atoms with Crippen molar-refractivity contribution in [1.29, 1.82) is 5.41 Å². The largest absolute Gasteiger partial charge is 0.365 e. The van der Waals surface area contributed by atoms with Crippen LogP contribution >= 0.6 is 35.6 Å². The van der Waals surface area contributed by atoms with Crippen LogP contribution < -0.4 is 15.9 Å². The van der Waals surface area contributed by atoms with E-state index in [1.807, 2.05) is 0 Å². The third-order valence-electron chi connectivity index (χ3n) is 3.29. The van der Waals surface area contributed by atoms with Crippen LogP contribution in [0.25, 0.3) is 0 Å². The molecule has 0 aliphatic heterocycles. The predicted molar refractivity (Wildman–Crippen MR) is 97.9 cm³/mol. The minimum Gasteiger partial charge on any atom is -0.365 e. The van der Waals surface area contributed by atoms with Crippen molar-refractivity contribution in [2.45, 2.75) is 11.4 Å². The molecule has 0 fully saturated rings. The van der Waals surface area contributed by atoms with Crippen molar-refractivity contribution in [3.63, 3.8) is 0 Å². The number of nitrogens with zero attached hydrogens (tertiary/aromatic N) is 1. The van der Waals surface area contributed by atoms with Crippen LogP contribution in [-0.4, -0.2) is 25.9 Å². The van der Waals surface area contributed by atoms with Gasteiger partial charge in [0.2, 0.25) is 10.0 Å². The van der Waals surface area contributed by atoms with Crippen molar-refractivity contribution in [3.8, 4) is 0 Å². The minimum absolute atomic E-state index is 0. The zero-order chi connectivity index (χ0) is 18.1. The Morgan fingerprint density at radius 1 is 1.28 bits per heavy atom. The van der Waals surface area contributed by atoms with Crippen molar-refractivity contribution >= 4 is 51.5 Å². The van der Waals surface area contributed by atoms with Gasteiger partial charge in [-0.1, -0.05) is 23.2 Å². The van der Waals surface area contributed by atoms with Crippen LogP contribution in [0.3, 0.4) is 0 Å². The summed E-state index contributed by atoms with van der Waals surface area (Å²) in [6, 6.07) is 5.58. The van der Waals surface area contributed by atoms with Crippen LogP contribution in [-0.2, 0) is 16.6 Å². The Hall–Kier alpha value is -1.58. The lowest BCUT2D eigenvalue weighted by Gasteiger charge is -2.14. The summed E-state index contributed by atoms with van der Waals surface area (Å²) in [5.41, 5.74) is 5.33. The molecule has 0 saturated carbocycles. The van der Waals surface area contributed by atoms with E-state index in [-0.39, 0.29) is 39.9 Å². The summed E-state index contributed by atoms with van der Waals surface area (Å²) in [6.45, 7) is -0.0313. The van der Waals surface area contributed by atoms with E-state index < -0.39 is 15.9 Å². The standard InChI is InChI=1S/C14H14Cl2N4O3S.ClH/c1-19-24(22,23)12-3-2-9(15)4-8(12)6-20-7-10(16)5-11(13(20)17)14(18)21;/h2-5,7,17,19H,6H2,1H3,(H2,18,21);1H. The van der Waals surface area contributed by atoms with Crippen LogP contribution in [0.2, 0.25) is 10.0 Å². The molecule has 1 amide bonds. The molecule has 0 atom stereocenters. The Morgan fingerprint density at radius 2 is 1.92 bits per heavy atom. The molecule has 1 aromatic carbocycles. The molecule has 0 bridgehead atoms. The van der Waals surface area contributed by atoms with Gasteiger partial charge in [0.15, 0.2) is 0 Å². The second-order valence-corrected chi connectivity index (χ2v) is 7.60. The Balaban J connectivity index is 0.00000312. The van der Waals surface area contributed by atoms with E-state index in [1.54, 1.807) is 0 Å². The number of rotatable bonds is 5. The summed E-state index contributed by atoms with van der Waals surface area (Å²) in [4.78, 5) is 11.4. The van der Waals surface area contributed by atoms with Gasteiger partial charge in [0, 0.05) is 11.2 Å². The first-order valence-corrected chi connectivity index (χ1v) is 8.86. The smallest absolute Gasteiger partial charge is 0.252 e. The third kappa shape index (κ3) is 4.74. The van der Waals surface area contributed by atoms with Gasteiger partial charge in [-0.2, -0.15) is 0 Å². The van der Waals surface area contributed by atoms with E-state index in [0.717, 1.165) is 0 Å². The van der Waals surface area contributed by atoms with E-state index in [4.69, 9.17) is 34.3 Å². The van der Waals surface area contributed by atoms with Crippen molar-refractivity contribution in [1.82, 2.24) is 9.29 Å². The maximum absolute atomic E-state index is 12.1. The molecule has 0 unspecified atom stereocenters. The molecule has 0 aliphatic carbocycles.